The summed E-state index contributed by atoms with van der Waals surface area (Å²) in [7, 11) is -0.938. The first-order valence-electron chi connectivity index (χ1n) is 39.2. The third kappa shape index (κ3) is 22.2. The highest BCUT2D eigenvalue weighted by Crippen LogP contribution is 2.34. The number of fused-ring (bicyclic) bond motifs is 2. The minimum absolute atomic E-state index is 0.00632. The molecule has 1 saturated carbocycles. The van der Waals surface area contributed by atoms with Gasteiger partial charge in [0.05, 0.1) is 42.3 Å². The number of aliphatic carboxylic acids is 1. The van der Waals surface area contributed by atoms with Crippen LogP contribution < -0.4 is 56.7 Å². The number of carboxylic acid groups (broad SMARTS) is 1. The Hall–Kier alpha value is -10.9. The number of hydrogen-bond acceptors (Lipinski definition) is 19. The molecule has 0 unspecified atom stereocenters. The van der Waals surface area contributed by atoms with Gasteiger partial charge < -0.3 is 71.7 Å². The number of sulfonamides is 1. The average Bonchev–Trinajstić information content (AvgIpc) is 1.66. The summed E-state index contributed by atoms with van der Waals surface area (Å²) >= 11 is 0. The molecule has 1 aromatic heterocycles. The molecular weight excluding hydrogens is 1490 g/mol. The Bertz CT molecular complexity index is 4810. The van der Waals surface area contributed by atoms with Crippen molar-refractivity contribution in [1.82, 2.24) is 72.1 Å². The van der Waals surface area contributed by atoms with E-state index in [1.54, 1.807) is 130 Å². The number of likely N-dealkylation sites (tertiary alicyclic amines) is 2. The molecule has 12 atom stereocenters. The van der Waals surface area contributed by atoms with Gasteiger partial charge in [-0.1, -0.05) is 156 Å². The topological polar surface area (TPSA) is 398 Å². The molecule has 30 nitrogen and oxygen atoms in total. The van der Waals surface area contributed by atoms with Gasteiger partial charge in [-0.25, -0.2) is 17.9 Å². The number of rotatable bonds is 16. The van der Waals surface area contributed by atoms with Crippen LogP contribution in [0.5, 0.6) is 11.5 Å². The molecule has 2 saturated heterocycles. The molecule has 0 radical (unpaired) electrons. The van der Waals surface area contributed by atoms with Crippen molar-refractivity contribution < 1.29 is 75.7 Å². The molecule has 0 spiro atoms. The summed E-state index contributed by atoms with van der Waals surface area (Å²) in [5.74, 6) is -6.80. The number of ether oxygens (including phenoxy) is 3. The van der Waals surface area contributed by atoms with Crippen molar-refractivity contribution in [2.24, 2.45) is 10.8 Å². The van der Waals surface area contributed by atoms with E-state index in [4.69, 9.17) is 14.2 Å². The van der Waals surface area contributed by atoms with Crippen molar-refractivity contribution in [2.75, 3.05) is 40.4 Å². The van der Waals surface area contributed by atoms with Crippen molar-refractivity contribution in [3.63, 3.8) is 0 Å². The van der Waals surface area contributed by atoms with Gasteiger partial charge in [0.25, 0.3) is 5.91 Å². The molecule has 6 aromatic carbocycles. The van der Waals surface area contributed by atoms with Crippen LogP contribution in [0.3, 0.4) is 0 Å². The van der Waals surface area contributed by atoms with Gasteiger partial charge in [0.15, 0.2) is 0 Å². The molecule has 1 aliphatic carbocycles. The van der Waals surface area contributed by atoms with Gasteiger partial charge in [0.2, 0.25) is 57.3 Å². The molecule has 3 fully saturated rings. The lowest BCUT2D eigenvalue weighted by atomic mass is 9.85. The SMILES string of the molecule is CN[C@@H](C)C(=O)N[C@H](C(=O)N1C[C@@H]2C[C@H]1C(=O)N[C@@H](Cc1ccc3ccccc3c1)C(=O)N[C@H](C(=O)O)Cc1ccc(cc1)OCc1cn(nn1)[C@H]1C[C@@H](C(=O)N[C@@H](Cc3ccc4ccccc4c3)C(=O)N[C@H](C(=O)NS(=O)(=O)C3CC3)Cc3ccc(cc3)OCCCCO2)N(C(=O)[C@@H](NC(=O)[C@H](C)NC)C(C)(C)C)C1)C(C)(C)C. The molecule has 7 aliphatic rings. The zero-order chi connectivity index (χ0) is 82.6. The smallest absolute Gasteiger partial charge is 0.326 e. The molecule has 115 heavy (non-hydrogen) atoms. The summed E-state index contributed by atoms with van der Waals surface area (Å²) in [6.07, 6.45) is 1.79. The van der Waals surface area contributed by atoms with E-state index in [-0.39, 0.29) is 71.4 Å². The first-order chi connectivity index (χ1) is 54.7. The Balaban J connectivity index is 0.911. The zero-order valence-electron chi connectivity index (χ0n) is 66.6. The summed E-state index contributed by atoms with van der Waals surface area (Å²) in [5.41, 5.74) is 0.797. The molecule has 614 valence electrons. The van der Waals surface area contributed by atoms with Gasteiger partial charge in [0.1, 0.15) is 72.1 Å². The van der Waals surface area contributed by atoms with Gasteiger partial charge in [-0.15, -0.1) is 5.10 Å². The summed E-state index contributed by atoms with van der Waals surface area (Å²) in [4.78, 5) is 149. The summed E-state index contributed by atoms with van der Waals surface area (Å²) < 4.78 is 49.5. The fourth-order valence-electron chi connectivity index (χ4n) is 14.4. The largest absolute Gasteiger partial charge is 0.494 e. The van der Waals surface area contributed by atoms with E-state index in [1.165, 1.54) is 14.5 Å². The van der Waals surface area contributed by atoms with Crippen LogP contribution in [-0.4, -0.2) is 210 Å². The Morgan fingerprint density at radius 1 is 0.574 bits per heavy atom. The number of carbonyl (C=O) groups excluding carboxylic acids is 9. The molecule has 7 aromatic rings. The maximum atomic E-state index is 15.5. The highest BCUT2D eigenvalue weighted by Gasteiger charge is 2.49. The van der Waals surface area contributed by atoms with E-state index < -0.39 is 158 Å². The Morgan fingerprint density at radius 2 is 1.04 bits per heavy atom. The summed E-state index contributed by atoms with van der Waals surface area (Å²) in [6, 6.07) is 26.6. The van der Waals surface area contributed by atoms with Crippen LogP contribution in [0, 0.1) is 10.8 Å². The van der Waals surface area contributed by atoms with Crippen LogP contribution in [0.25, 0.3) is 21.5 Å². The standard InChI is InChI=1S/C84H106N14O16S/c1-49(85-9)73(99)91-71(83(3,4)5)80(106)96-46-60-43-69(96)78(104)88-65(41-53-21-27-55-17-11-13-19-57(55)37-53)75(101)87-67(77(103)94-115(110,111)64-33-34-64)39-51-23-29-61(30-24-51)112-35-15-16-36-113-63-44-70(97(47-63)81(107)72(84(6,7)8)92-74(100)50(2)86-10)79(105)89-66(42-54-22-28-56-18-12-14-20-58(56)38-54)76(102)90-68(82(108)109)40-52-25-31-62(32-26-52)114-48-59-45-98(60)95-93-59/h11-14,17-32,37-38,45,49-50,60,63-72,85-86H,15-16,33-36,39-44,46-48H2,1-10H3,(H,87,101)(H,88,104)(H,89,105)(H,90,102)(H,91,99)(H,92,100)(H,94,103)(H,108,109)/t49-,50-,60-,63-,65-,66-,67-,68-,69-,70-,71+,72+/m0/s1. The lowest BCUT2D eigenvalue weighted by Crippen LogP contribution is -2.61. The van der Waals surface area contributed by atoms with Crippen molar-refractivity contribution in [1.29, 1.82) is 0 Å². The second-order valence-electron chi connectivity index (χ2n) is 32.6. The van der Waals surface area contributed by atoms with E-state index in [1.807, 2.05) is 78.9 Å². The second kappa shape index (κ2) is 37.2. The fourth-order valence-corrected chi connectivity index (χ4v) is 15.7. The van der Waals surface area contributed by atoms with Gasteiger partial charge in [-0.2, -0.15) is 0 Å². The number of nitrogens with one attached hydrogen (secondary N) is 9. The Labute approximate surface area is 669 Å². The van der Waals surface area contributed by atoms with Crippen LogP contribution >= 0.6 is 0 Å². The number of carbonyl (C=O) groups is 10. The van der Waals surface area contributed by atoms with Crippen LogP contribution in [0.2, 0.25) is 0 Å². The van der Waals surface area contributed by atoms with E-state index in [2.05, 4.69) is 57.6 Å². The second-order valence-corrected chi connectivity index (χ2v) is 34.5. The zero-order valence-corrected chi connectivity index (χ0v) is 67.4. The van der Waals surface area contributed by atoms with Crippen molar-refractivity contribution in [2.45, 2.75) is 204 Å². The number of nitrogens with zero attached hydrogens (tertiary/aromatic N) is 5. The molecule has 10 N–H and O–H groups in total. The minimum Gasteiger partial charge on any atom is -0.494 e. The van der Waals surface area contributed by atoms with Crippen LogP contribution in [0.4, 0.5) is 0 Å². The van der Waals surface area contributed by atoms with Gasteiger partial charge in [0, 0.05) is 58.2 Å². The maximum Gasteiger partial charge on any atom is 0.326 e. The number of amides is 9. The highest BCUT2D eigenvalue weighted by atomic mass is 32.2. The van der Waals surface area contributed by atoms with Crippen LogP contribution in [0.1, 0.15) is 128 Å². The number of carboxylic acids is 1. The molecular formula is C84H106N14O16S. The first-order valence-corrected chi connectivity index (χ1v) is 40.7. The predicted molar refractivity (Wildman–Crippen MR) is 429 cm³/mol. The van der Waals surface area contributed by atoms with Gasteiger partial charge >= 0.3 is 5.97 Å². The van der Waals surface area contributed by atoms with Crippen molar-refractivity contribution in [3.8, 4) is 11.5 Å². The number of hydrogen-bond donors (Lipinski definition) is 10. The van der Waals surface area contributed by atoms with Crippen molar-refractivity contribution in [3.05, 3.63) is 168 Å². The van der Waals surface area contributed by atoms with Crippen LogP contribution in [0.15, 0.2) is 140 Å². The average molecular weight is 1600 g/mol. The van der Waals surface area contributed by atoms with E-state index >= 15 is 24.0 Å². The Kier molecular flexibility index (Phi) is 27.5. The van der Waals surface area contributed by atoms with E-state index in [9.17, 15) is 37.5 Å². The summed E-state index contributed by atoms with van der Waals surface area (Å²) in [5, 5.41) is 45.3. The Morgan fingerprint density at radius 3 is 1.54 bits per heavy atom. The fraction of sp³-hybridized carbons (Fsp3) is 0.476. The quantitative estimate of drug-likeness (QED) is 0.0629. The summed E-state index contributed by atoms with van der Waals surface area (Å²) in [6.45, 7) is 14.1. The normalized spacial score (nSPS) is 22.4. The van der Waals surface area contributed by atoms with Gasteiger partial charge in [-0.3, -0.25) is 47.9 Å². The lowest BCUT2D eigenvalue weighted by molar-refractivity contribution is -0.145. The highest BCUT2D eigenvalue weighted by molar-refractivity contribution is 7.91. The number of likely N-dealkylation sites (N-methyl/N-ethyl adjacent to an activating group) is 2. The first kappa shape index (κ1) is 85.0. The number of benzene rings is 6. The molecule has 6 aliphatic heterocycles. The molecule has 9 amide bonds. The molecule has 7 heterocycles. The lowest BCUT2D eigenvalue weighted by Gasteiger charge is -2.36. The van der Waals surface area contributed by atoms with Crippen LogP contribution in [-0.2, 0) is 95.0 Å². The number of aromatic nitrogens is 3. The molecule has 14 rings (SSSR count). The third-order valence-electron chi connectivity index (χ3n) is 21.6. The molecule has 31 heteroatoms. The maximum absolute atomic E-state index is 15.5. The molecule has 10 bridgehead atoms. The van der Waals surface area contributed by atoms with E-state index in [0.717, 1.165) is 21.5 Å². The van der Waals surface area contributed by atoms with E-state index in [0.29, 0.717) is 65.1 Å². The monoisotopic (exact) mass is 1600 g/mol. The van der Waals surface area contributed by atoms with Gasteiger partial charge in [-0.05, 0) is 133 Å². The third-order valence-corrected chi connectivity index (χ3v) is 23.4. The minimum atomic E-state index is -4.16. The van der Waals surface area contributed by atoms with Crippen molar-refractivity contribution >= 4 is 90.7 Å². The predicted octanol–water partition coefficient (Wildman–Crippen LogP) is 4.64.